The van der Waals surface area contributed by atoms with Crippen LogP contribution in [0.1, 0.15) is 10.6 Å². The molecule has 1 heterocycles. The number of hydrogen-bond donors (Lipinski definition) is 1. The fraction of sp³-hybridized carbons (Fsp3) is 0.118. The molecule has 0 aliphatic carbocycles. The van der Waals surface area contributed by atoms with E-state index in [0.29, 0.717) is 5.69 Å². The number of aromatic nitrogens is 1. The van der Waals surface area contributed by atoms with Gasteiger partial charge < -0.3 is 0 Å². The molecule has 0 spiro atoms. The van der Waals surface area contributed by atoms with E-state index in [1.807, 2.05) is 35.7 Å². The Morgan fingerprint density at radius 3 is 2.39 bits per heavy atom. The van der Waals surface area contributed by atoms with Gasteiger partial charge in [0.2, 0.25) is 10.0 Å². The lowest BCUT2D eigenvalue weighted by molar-refractivity contribution is 0.607. The van der Waals surface area contributed by atoms with Gasteiger partial charge in [0, 0.05) is 23.1 Å². The molecule has 1 N–H and O–H groups in total. The van der Waals surface area contributed by atoms with Crippen molar-refractivity contribution in [3.63, 3.8) is 0 Å². The van der Waals surface area contributed by atoms with Crippen molar-refractivity contribution in [1.29, 1.82) is 0 Å². The monoisotopic (exact) mass is 344 g/mol. The van der Waals surface area contributed by atoms with Gasteiger partial charge in [-0.15, -0.1) is 11.3 Å². The lowest BCUT2D eigenvalue weighted by Crippen LogP contribution is -2.09. The third-order valence-corrected chi connectivity index (χ3v) is 4.69. The van der Waals surface area contributed by atoms with Gasteiger partial charge in [0.1, 0.15) is 0 Å². The number of sulfonamides is 1. The highest BCUT2D eigenvalue weighted by Crippen LogP contribution is 2.25. The summed E-state index contributed by atoms with van der Waals surface area (Å²) in [7, 11) is -3.25. The third kappa shape index (κ3) is 4.40. The van der Waals surface area contributed by atoms with Crippen LogP contribution in [0, 0.1) is 0 Å². The normalized spacial score (nSPS) is 11.3. The summed E-state index contributed by atoms with van der Waals surface area (Å²) in [5.41, 5.74) is 3.67. The van der Waals surface area contributed by atoms with Gasteiger partial charge in [-0.2, -0.15) is 0 Å². The Morgan fingerprint density at radius 2 is 1.74 bits per heavy atom. The number of nitrogens with zero attached hydrogens (tertiary/aromatic N) is 1. The molecule has 0 aliphatic rings. The third-order valence-electron chi connectivity index (χ3n) is 3.23. The standard InChI is InChI=1S/C17H16N2O2S2/c1-23(20,21)19-15-9-7-14(8-10-15)16-12-22-17(18-16)11-13-5-3-2-4-6-13/h2-10,12,19H,11H2,1H3. The fourth-order valence-corrected chi connectivity index (χ4v) is 3.62. The van der Waals surface area contributed by atoms with E-state index >= 15 is 0 Å². The number of hydrogen-bond acceptors (Lipinski definition) is 4. The topological polar surface area (TPSA) is 59.1 Å². The van der Waals surface area contributed by atoms with Gasteiger partial charge in [0.05, 0.1) is 17.0 Å². The lowest BCUT2D eigenvalue weighted by atomic mass is 10.1. The van der Waals surface area contributed by atoms with Crippen LogP contribution in [0.4, 0.5) is 5.69 Å². The van der Waals surface area contributed by atoms with Crippen LogP contribution in [0.25, 0.3) is 11.3 Å². The molecule has 4 nitrogen and oxygen atoms in total. The average molecular weight is 344 g/mol. The second kappa shape index (κ2) is 6.52. The van der Waals surface area contributed by atoms with Crippen LogP contribution in [0.2, 0.25) is 0 Å². The molecule has 0 aliphatic heterocycles. The van der Waals surface area contributed by atoms with E-state index in [9.17, 15) is 8.42 Å². The Kier molecular flexibility index (Phi) is 4.45. The highest BCUT2D eigenvalue weighted by molar-refractivity contribution is 7.92. The highest BCUT2D eigenvalue weighted by Gasteiger charge is 2.07. The maximum absolute atomic E-state index is 11.2. The zero-order valence-corrected chi connectivity index (χ0v) is 14.2. The van der Waals surface area contributed by atoms with Crippen LogP contribution >= 0.6 is 11.3 Å². The first-order chi connectivity index (χ1) is 11.0. The Labute approximate surface area is 139 Å². The summed E-state index contributed by atoms with van der Waals surface area (Å²) < 4.78 is 24.9. The van der Waals surface area contributed by atoms with Gasteiger partial charge >= 0.3 is 0 Å². The average Bonchev–Trinajstić information content (AvgIpc) is 2.96. The van der Waals surface area contributed by atoms with Gasteiger partial charge in [0.25, 0.3) is 0 Å². The van der Waals surface area contributed by atoms with Crippen LogP contribution in [-0.4, -0.2) is 19.7 Å². The molecule has 0 atom stereocenters. The minimum absolute atomic E-state index is 0.552. The summed E-state index contributed by atoms with van der Waals surface area (Å²) in [6, 6.07) is 17.5. The highest BCUT2D eigenvalue weighted by atomic mass is 32.2. The first-order valence-corrected chi connectivity index (χ1v) is 9.83. The molecule has 0 bridgehead atoms. The number of benzene rings is 2. The summed E-state index contributed by atoms with van der Waals surface area (Å²) in [6.45, 7) is 0. The Hall–Kier alpha value is -2.18. The smallest absolute Gasteiger partial charge is 0.229 e. The molecule has 0 fully saturated rings. The second-order valence-corrected chi connectivity index (χ2v) is 7.93. The van der Waals surface area contributed by atoms with Gasteiger partial charge in [-0.25, -0.2) is 13.4 Å². The number of anilines is 1. The van der Waals surface area contributed by atoms with Crippen LogP contribution in [0.5, 0.6) is 0 Å². The number of thiazole rings is 1. The molecule has 0 saturated carbocycles. The zero-order chi connectivity index (χ0) is 16.3. The van der Waals surface area contributed by atoms with E-state index in [0.717, 1.165) is 28.9 Å². The van der Waals surface area contributed by atoms with Gasteiger partial charge in [-0.05, 0) is 17.7 Å². The minimum Gasteiger partial charge on any atom is -0.284 e. The second-order valence-electron chi connectivity index (χ2n) is 5.24. The van der Waals surface area contributed by atoms with Crippen LogP contribution in [0.15, 0.2) is 60.0 Å². The lowest BCUT2D eigenvalue weighted by Gasteiger charge is -2.04. The minimum atomic E-state index is -3.25. The van der Waals surface area contributed by atoms with Gasteiger partial charge in [-0.3, -0.25) is 4.72 Å². The van der Waals surface area contributed by atoms with Gasteiger partial charge in [-0.1, -0.05) is 42.5 Å². The van der Waals surface area contributed by atoms with Crippen LogP contribution < -0.4 is 4.72 Å². The molecular weight excluding hydrogens is 328 g/mol. The summed E-state index contributed by atoms with van der Waals surface area (Å²) in [5.74, 6) is 0. The maximum atomic E-state index is 11.2. The number of nitrogens with one attached hydrogen (secondary N) is 1. The van der Waals surface area contributed by atoms with Crippen molar-refractivity contribution in [3.05, 3.63) is 70.5 Å². The van der Waals surface area contributed by atoms with Crippen molar-refractivity contribution in [2.24, 2.45) is 0 Å². The van der Waals surface area contributed by atoms with Crippen LogP contribution in [0.3, 0.4) is 0 Å². The van der Waals surface area contributed by atoms with E-state index in [1.54, 1.807) is 23.5 Å². The fourth-order valence-electron chi connectivity index (χ4n) is 2.22. The summed E-state index contributed by atoms with van der Waals surface area (Å²) in [4.78, 5) is 4.66. The van der Waals surface area contributed by atoms with Crippen molar-refractivity contribution >= 4 is 27.0 Å². The summed E-state index contributed by atoms with van der Waals surface area (Å²) in [5, 5.41) is 3.08. The molecule has 6 heteroatoms. The first-order valence-electron chi connectivity index (χ1n) is 7.06. The van der Waals surface area contributed by atoms with E-state index in [2.05, 4.69) is 21.8 Å². The Balaban J connectivity index is 1.75. The largest absolute Gasteiger partial charge is 0.284 e. The molecule has 3 aromatic rings. The quantitative estimate of drug-likeness (QED) is 0.766. The molecule has 23 heavy (non-hydrogen) atoms. The van der Waals surface area contributed by atoms with Crippen molar-refractivity contribution in [2.45, 2.75) is 6.42 Å². The molecular formula is C17H16N2O2S2. The summed E-state index contributed by atoms with van der Waals surface area (Å²) in [6.07, 6.45) is 1.95. The Bertz CT molecular complexity index is 886. The predicted molar refractivity (Wildman–Crippen MR) is 95.3 cm³/mol. The van der Waals surface area contributed by atoms with Crippen molar-refractivity contribution < 1.29 is 8.42 Å². The SMILES string of the molecule is CS(=O)(=O)Nc1ccc(-c2csc(Cc3ccccc3)n2)cc1. The molecule has 1 aromatic heterocycles. The van der Waals surface area contributed by atoms with E-state index in [1.165, 1.54) is 5.56 Å². The predicted octanol–water partition coefficient (Wildman–Crippen LogP) is 3.77. The summed E-state index contributed by atoms with van der Waals surface area (Å²) >= 11 is 1.63. The van der Waals surface area contributed by atoms with E-state index in [-0.39, 0.29) is 0 Å². The first kappa shape index (κ1) is 15.7. The van der Waals surface area contributed by atoms with Gasteiger partial charge in [0.15, 0.2) is 0 Å². The van der Waals surface area contributed by atoms with Crippen molar-refractivity contribution in [2.75, 3.05) is 11.0 Å². The van der Waals surface area contributed by atoms with Crippen LogP contribution in [-0.2, 0) is 16.4 Å². The van der Waals surface area contributed by atoms with Crippen molar-refractivity contribution in [3.8, 4) is 11.3 Å². The molecule has 2 aromatic carbocycles. The zero-order valence-electron chi connectivity index (χ0n) is 12.6. The number of rotatable bonds is 5. The molecule has 0 amide bonds. The molecule has 0 saturated heterocycles. The van der Waals surface area contributed by atoms with Crippen molar-refractivity contribution in [1.82, 2.24) is 4.98 Å². The molecule has 0 radical (unpaired) electrons. The van der Waals surface area contributed by atoms with E-state index in [4.69, 9.17) is 0 Å². The molecule has 118 valence electrons. The molecule has 0 unspecified atom stereocenters. The Morgan fingerprint density at radius 1 is 1.04 bits per heavy atom. The van der Waals surface area contributed by atoms with E-state index < -0.39 is 10.0 Å². The molecule has 3 rings (SSSR count). The maximum Gasteiger partial charge on any atom is 0.229 e.